The summed E-state index contributed by atoms with van der Waals surface area (Å²) >= 11 is 6.04. The van der Waals surface area contributed by atoms with Crippen LogP contribution >= 0.6 is 11.6 Å². The van der Waals surface area contributed by atoms with Crippen LogP contribution in [0.1, 0.15) is 12.8 Å². The molecule has 7 heteroatoms. The Balaban J connectivity index is 1.55. The Bertz CT molecular complexity index is 1100. The second-order valence-electron chi connectivity index (χ2n) is 6.73. The summed E-state index contributed by atoms with van der Waals surface area (Å²) in [6, 6.07) is 11.6. The average molecular weight is 370 g/mol. The van der Waals surface area contributed by atoms with Gasteiger partial charge in [-0.3, -0.25) is 5.10 Å². The molecule has 1 fully saturated rings. The minimum Gasteiger partial charge on any atom is -0.369 e. The molecule has 1 unspecified atom stereocenters. The summed E-state index contributed by atoms with van der Waals surface area (Å²) in [6.45, 7) is 1.34. The Morgan fingerprint density at radius 2 is 2.08 bits per heavy atom. The number of imidazole rings is 1. The molecule has 0 aliphatic carbocycles. The maximum atomic E-state index is 13.7. The van der Waals surface area contributed by atoms with E-state index in [9.17, 15) is 4.39 Å². The van der Waals surface area contributed by atoms with E-state index in [0.717, 1.165) is 46.3 Å². The number of rotatable bonds is 2. The van der Waals surface area contributed by atoms with Crippen LogP contribution in [0.15, 0.2) is 36.4 Å². The molecule has 5 nitrogen and oxygen atoms in total. The molecule has 132 valence electrons. The van der Waals surface area contributed by atoms with Crippen LogP contribution in [0.5, 0.6) is 0 Å². The van der Waals surface area contributed by atoms with Crippen molar-refractivity contribution in [3.63, 3.8) is 0 Å². The largest absolute Gasteiger partial charge is 0.369 e. The van der Waals surface area contributed by atoms with E-state index in [1.165, 1.54) is 0 Å². The fourth-order valence-electron chi connectivity index (χ4n) is 3.64. The second kappa shape index (κ2) is 5.99. The highest BCUT2D eigenvalue weighted by Crippen LogP contribution is 2.30. The number of aromatic amines is 2. The van der Waals surface area contributed by atoms with Gasteiger partial charge < -0.3 is 9.88 Å². The van der Waals surface area contributed by atoms with E-state index in [1.54, 1.807) is 0 Å². The van der Waals surface area contributed by atoms with Gasteiger partial charge in [0, 0.05) is 29.2 Å². The van der Waals surface area contributed by atoms with E-state index in [-0.39, 0.29) is 0 Å². The number of H-pyrrole nitrogens is 2. The van der Waals surface area contributed by atoms with Crippen molar-refractivity contribution in [3.8, 4) is 11.5 Å². The van der Waals surface area contributed by atoms with E-state index >= 15 is 0 Å². The Hall–Kier alpha value is -2.60. The first-order valence-electron chi connectivity index (χ1n) is 8.70. The number of hydrogen-bond donors (Lipinski definition) is 2. The molecule has 0 radical (unpaired) electrons. The number of nitrogens with one attached hydrogen (secondary N) is 2. The van der Waals surface area contributed by atoms with Crippen LogP contribution in [0.4, 0.5) is 10.1 Å². The van der Waals surface area contributed by atoms with Gasteiger partial charge in [0.05, 0.1) is 16.6 Å². The van der Waals surface area contributed by atoms with Crippen LogP contribution in [0.25, 0.3) is 33.5 Å². The lowest BCUT2D eigenvalue weighted by molar-refractivity contribution is 0.287. The zero-order valence-electron chi connectivity index (χ0n) is 14.0. The predicted octanol–water partition coefficient (Wildman–Crippen LogP) is 4.70. The number of benzene rings is 2. The molecule has 1 aliphatic heterocycles. The highest BCUT2D eigenvalue weighted by atomic mass is 35.5. The molecule has 1 saturated heterocycles. The van der Waals surface area contributed by atoms with Gasteiger partial charge in [0.1, 0.15) is 11.9 Å². The summed E-state index contributed by atoms with van der Waals surface area (Å²) in [7, 11) is 0. The molecule has 1 aliphatic rings. The van der Waals surface area contributed by atoms with Crippen molar-refractivity contribution in [2.45, 2.75) is 19.0 Å². The predicted molar refractivity (Wildman–Crippen MR) is 103 cm³/mol. The first-order chi connectivity index (χ1) is 12.7. The molecule has 26 heavy (non-hydrogen) atoms. The van der Waals surface area contributed by atoms with Crippen molar-refractivity contribution in [3.05, 3.63) is 41.4 Å². The average Bonchev–Trinajstić information content (AvgIpc) is 3.24. The highest BCUT2D eigenvalue weighted by Gasteiger charge is 2.20. The molecule has 2 N–H and O–H groups in total. The number of anilines is 1. The minimum atomic E-state index is -0.751. The fourth-order valence-corrected chi connectivity index (χ4v) is 3.81. The van der Waals surface area contributed by atoms with Crippen molar-refractivity contribution in [1.82, 2.24) is 20.2 Å². The number of halogens is 2. The number of alkyl halides is 1. The molecule has 2 aromatic carbocycles. The van der Waals surface area contributed by atoms with Crippen molar-refractivity contribution < 1.29 is 4.39 Å². The highest BCUT2D eigenvalue weighted by molar-refractivity contribution is 6.31. The van der Waals surface area contributed by atoms with Crippen LogP contribution in [-0.2, 0) is 0 Å². The zero-order chi connectivity index (χ0) is 17.7. The lowest BCUT2D eigenvalue weighted by Gasteiger charge is -2.30. The maximum absolute atomic E-state index is 13.7. The summed E-state index contributed by atoms with van der Waals surface area (Å²) in [6.07, 6.45) is 0.789. The Labute approximate surface area is 154 Å². The Morgan fingerprint density at radius 1 is 1.15 bits per heavy atom. The molecule has 0 amide bonds. The molecular formula is C19H17ClFN5. The Kier molecular flexibility index (Phi) is 3.60. The molecule has 4 aromatic rings. The van der Waals surface area contributed by atoms with Crippen molar-refractivity contribution >= 4 is 39.2 Å². The molecule has 1 atom stereocenters. The molecule has 2 aromatic heterocycles. The number of piperidine rings is 1. The second-order valence-corrected chi connectivity index (χ2v) is 7.17. The van der Waals surface area contributed by atoms with Crippen molar-refractivity contribution in [2.24, 2.45) is 0 Å². The van der Waals surface area contributed by atoms with Gasteiger partial charge in [0.25, 0.3) is 0 Å². The van der Waals surface area contributed by atoms with Gasteiger partial charge >= 0.3 is 0 Å². The summed E-state index contributed by atoms with van der Waals surface area (Å²) in [5, 5.41) is 9.01. The normalized spacial score (nSPS) is 18.1. The minimum absolute atomic E-state index is 0.456. The maximum Gasteiger partial charge on any atom is 0.159 e. The third-order valence-corrected chi connectivity index (χ3v) is 5.18. The van der Waals surface area contributed by atoms with Crippen LogP contribution in [0.2, 0.25) is 5.02 Å². The summed E-state index contributed by atoms with van der Waals surface area (Å²) in [5.74, 6) is 0.702. The summed E-state index contributed by atoms with van der Waals surface area (Å²) < 4.78 is 13.7. The SMILES string of the molecule is FC1CCCN(c2ccc3nc(-c4n[nH]c5cc(Cl)ccc45)[nH]c3c2)C1. The van der Waals surface area contributed by atoms with Crippen molar-refractivity contribution in [1.29, 1.82) is 0 Å². The first-order valence-corrected chi connectivity index (χ1v) is 9.08. The summed E-state index contributed by atoms with van der Waals surface area (Å²) in [4.78, 5) is 10.1. The topological polar surface area (TPSA) is 60.6 Å². The standard InChI is InChI=1S/C19H17ClFN5/c20-11-3-5-14-16(8-11)24-25-18(14)19-22-15-6-4-13(9-17(15)23-19)26-7-1-2-12(21)10-26/h3-6,8-9,12H,1-2,7,10H2,(H,22,23)(H,24,25). The lowest BCUT2D eigenvalue weighted by Crippen LogP contribution is -2.36. The van der Waals surface area contributed by atoms with Gasteiger partial charge in [-0.15, -0.1) is 0 Å². The molecular weight excluding hydrogens is 353 g/mol. The number of hydrogen-bond acceptors (Lipinski definition) is 3. The van der Waals surface area contributed by atoms with Crippen molar-refractivity contribution in [2.75, 3.05) is 18.0 Å². The van der Waals surface area contributed by atoms with Crippen LogP contribution < -0.4 is 4.90 Å². The summed E-state index contributed by atoms with van der Waals surface area (Å²) in [5.41, 5.74) is 4.44. The number of nitrogens with zero attached hydrogens (tertiary/aromatic N) is 3. The smallest absolute Gasteiger partial charge is 0.159 e. The van der Waals surface area contributed by atoms with E-state index in [2.05, 4.69) is 25.1 Å². The molecule has 0 bridgehead atoms. The monoisotopic (exact) mass is 369 g/mol. The van der Waals surface area contributed by atoms with Gasteiger partial charge in [0.15, 0.2) is 5.82 Å². The lowest BCUT2D eigenvalue weighted by atomic mass is 10.1. The van der Waals surface area contributed by atoms with Crippen LogP contribution in [0.3, 0.4) is 0 Å². The number of aromatic nitrogens is 4. The van der Waals surface area contributed by atoms with Gasteiger partial charge in [0.2, 0.25) is 0 Å². The fraction of sp³-hybridized carbons (Fsp3) is 0.263. The Morgan fingerprint density at radius 3 is 2.96 bits per heavy atom. The van der Waals surface area contributed by atoms with Gasteiger partial charge in [-0.1, -0.05) is 11.6 Å². The number of fused-ring (bicyclic) bond motifs is 2. The third kappa shape index (κ3) is 2.61. The van der Waals surface area contributed by atoms with Gasteiger partial charge in [-0.05, 0) is 49.2 Å². The van der Waals surface area contributed by atoms with Gasteiger partial charge in [-0.25, -0.2) is 9.37 Å². The van der Waals surface area contributed by atoms with Gasteiger partial charge in [-0.2, -0.15) is 5.10 Å². The first kappa shape index (κ1) is 15.6. The van der Waals surface area contributed by atoms with E-state index in [4.69, 9.17) is 11.6 Å². The zero-order valence-corrected chi connectivity index (χ0v) is 14.7. The third-order valence-electron chi connectivity index (χ3n) is 4.94. The van der Waals surface area contributed by atoms with E-state index in [1.807, 2.05) is 36.4 Å². The van der Waals surface area contributed by atoms with E-state index in [0.29, 0.717) is 23.8 Å². The quantitative estimate of drug-likeness (QED) is 0.538. The van der Waals surface area contributed by atoms with E-state index < -0.39 is 6.17 Å². The van der Waals surface area contributed by atoms with Crippen LogP contribution in [0, 0.1) is 0 Å². The molecule has 0 saturated carbocycles. The molecule has 3 heterocycles. The van der Waals surface area contributed by atoms with Crippen LogP contribution in [-0.4, -0.2) is 39.4 Å². The molecule has 5 rings (SSSR count). The molecule has 0 spiro atoms.